The molecule has 0 bridgehead atoms. The van der Waals surface area contributed by atoms with Crippen LogP contribution in [-0.4, -0.2) is 14.5 Å². The predicted octanol–water partition coefficient (Wildman–Crippen LogP) is 9.94. The van der Waals surface area contributed by atoms with Crippen LogP contribution >= 0.6 is 0 Å². The third kappa shape index (κ3) is 3.36. The molecule has 0 saturated carbocycles. The van der Waals surface area contributed by atoms with Crippen LogP contribution in [0.4, 0.5) is 11.4 Å². The van der Waals surface area contributed by atoms with Gasteiger partial charge in [-0.25, -0.2) is 9.97 Å². The van der Waals surface area contributed by atoms with Crippen molar-refractivity contribution in [3.05, 3.63) is 127 Å². The first-order valence-corrected chi connectivity index (χ1v) is 14.8. The molecule has 6 nitrogen and oxygen atoms in total. The Morgan fingerprint density at radius 2 is 1.27 bits per heavy atom. The fraction of sp³-hybridized carbons (Fsp3) is 0.0526. The van der Waals surface area contributed by atoms with Gasteiger partial charge < -0.3 is 15.1 Å². The number of para-hydroxylation sites is 3. The monoisotopic (exact) mass is 569 g/mol. The normalized spacial score (nSPS) is 15.0. The summed E-state index contributed by atoms with van der Waals surface area (Å²) in [5, 5.41) is 12.8. The number of aromatic nitrogens is 3. The lowest BCUT2D eigenvalue weighted by Crippen LogP contribution is -2.17. The predicted molar refractivity (Wildman–Crippen MR) is 181 cm³/mol. The Morgan fingerprint density at radius 3 is 2.05 bits per heavy atom. The van der Waals surface area contributed by atoms with E-state index in [-0.39, 0.29) is 0 Å². The van der Waals surface area contributed by atoms with Gasteiger partial charge in [0.25, 0.3) is 0 Å². The van der Waals surface area contributed by atoms with Crippen molar-refractivity contribution in [2.75, 3.05) is 10.6 Å². The van der Waals surface area contributed by atoms with E-state index in [4.69, 9.17) is 14.4 Å². The Hall–Kier alpha value is -5.88. The summed E-state index contributed by atoms with van der Waals surface area (Å²) in [6.45, 7) is 4.10. The van der Waals surface area contributed by atoms with Crippen LogP contribution in [0.3, 0.4) is 0 Å². The van der Waals surface area contributed by atoms with Crippen molar-refractivity contribution in [2.24, 2.45) is 0 Å². The second-order valence-electron chi connectivity index (χ2n) is 11.0. The first-order chi connectivity index (χ1) is 21.7. The zero-order chi connectivity index (χ0) is 29.4. The topological polar surface area (TPSA) is 67.9 Å². The van der Waals surface area contributed by atoms with Crippen molar-refractivity contribution in [2.45, 2.75) is 13.8 Å². The molecule has 210 valence electrons. The minimum absolute atomic E-state index is 0.597. The van der Waals surface area contributed by atoms with Gasteiger partial charge >= 0.3 is 0 Å². The van der Waals surface area contributed by atoms with E-state index in [9.17, 15) is 0 Å². The summed E-state index contributed by atoms with van der Waals surface area (Å²) in [5.41, 5.74) is 10.5. The van der Waals surface area contributed by atoms with Gasteiger partial charge in [-0.05, 0) is 32.0 Å². The van der Waals surface area contributed by atoms with Gasteiger partial charge in [-0.3, -0.25) is 4.57 Å². The number of rotatable bonds is 2. The molecule has 9 rings (SSSR count). The molecule has 6 heteroatoms. The van der Waals surface area contributed by atoms with Gasteiger partial charge in [0, 0.05) is 27.1 Å². The molecule has 5 aromatic carbocycles. The highest BCUT2D eigenvalue weighted by atomic mass is 16.3. The van der Waals surface area contributed by atoms with E-state index in [1.807, 2.05) is 42.5 Å². The Morgan fingerprint density at radius 1 is 0.636 bits per heavy atom. The van der Waals surface area contributed by atoms with E-state index < -0.39 is 0 Å². The van der Waals surface area contributed by atoms with Gasteiger partial charge in [0.1, 0.15) is 11.1 Å². The van der Waals surface area contributed by atoms with Crippen LogP contribution in [0, 0.1) is 0 Å². The maximum absolute atomic E-state index is 6.77. The highest BCUT2D eigenvalue weighted by Crippen LogP contribution is 2.51. The van der Waals surface area contributed by atoms with Crippen LogP contribution in [0.25, 0.3) is 71.9 Å². The van der Waals surface area contributed by atoms with Gasteiger partial charge in [-0.15, -0.1) is 0 Å². The number of anilines is 2. The molecule has 0 saturated heterocycles. The van der Waals surface area contributed by atoms with E-state index in [0.29, 0.717) is 5.95 Å². The third-order valence-electron chi connectivity index (χ3n) is 8.66. The Balaban J connectivity index is 1.50. The van der Waals surface area contributed by atoms with Crippen molar-refractivity contribution < 1.29 is 4.42 Å². The van der Waals surface area contributed by atoms with E-state index in [0.717, 1.165) is 88.7 Å². The number of allylic oxidation sites excluding steroid dienone is 2. The molecule has 4 heterocycles. The molecule has 2 N–H and O–H groups in total. The van der Waals surface area contributed by atoms with Crippen molar-refractivity contribution in [3.8, 4) is 17.2 Å². The quantitative estimate of drug-likeness (QED) is 0.217. The number of nitrogens with one attached hydrogen (secondary N) is 2. The molecule has 0 spiro atoms. The maximum Gasteiger partial charge on any atom is 0.235 e. The Labute approximate surface area is 253 Å². The van der Waals surface area contributed by atoms with E-state index in [1.54, 1.807) is 0 Å². The lowest BCUT2D eigenvalue weighted by molar-refractivity contribution is 0.671. The minimum Gasteiger partial charge on any atom is -0.454 e. The van der Waals surface area contributed by atoms with Gasteiger partial charge in [0.15, 0.2) is 5.58 Å². The van der Waals surface area contributed by atoms with Crippen LogP contribution < -0.4 is 10.6 Å². The summed E-state index contributed by atoms with van der Waals surface area (Å²) in [5.74, 6) is 0.597. The lowest BCUT2D eigenvalue weighted by Gasteiger charge is -2.27. The molecule has 1 aliphatic heterocycles. The van der Waals surface area contributed by atoms with Crippen molar-refractivity contribution in [3.63, 3.8) is 0 Å². The van der Waals surface area contributed by atoms with Gasteiger partial charge in [0.2, 0.25) is 5.95 Å². The van der Waals surface area contributed by atoms with Crippen LogP contribution in [0.5, 0.6) is 0 Å². The molecule has 44 heavy (non-hydrogen) atoms. The van der Waals surface area contributed by atoms with Crippen LogP contribution in [0.15, 0.2) is 131 Å². The molecular weight excluding hydrogens is 542 g/mol. The standard InChI is InChI=1S/C38H27N5O/c1-3-26-27(4-2)40-35-32-25-18-10-13-21-30(25)44-37(32)36-31(34(35)39-26)24-17-9-12-20-29(24)43(36)38-41-28-19-11-8-16-23(28)33(42-38)22-14-6-5-7-15-22/h3-21,39-40H,1-2H3/b26-3+,27-4+. The average molecular weight is 570 g/mol. The highest BCUT2D eigenvalue weighted by molar-refractivity contribution is 6.31. The summed E-state index contributed by atoms with van der Waals surface area (Å²) >= 11 is 0. The Kier molecular flexibility index (Phi) is 5.23. The summed E-state index contributed by atoms with van der Waals surface area (Å²) in [6, 6.07) is 35.3. The van der Waals surface area contributed by atoms with E-state index >= 15 is 0 Å². The first-order valence-electron chi connectivity index (χ1n) is 14.8. The first kappa shape index (κ1) is 24.7. The Bertz CT molecular complexity index is 2520. The number of hydrogen-bond donors (Lipinski definition) is 2. The lowest BCUT2D eigenvalue weighted by atomic mass is 10.0. The average Bonchev–Trinajstić information content (AvgIpc) is 3.64. The minimum atomic E-state index is 0.597. The third-order valence-corrected chi connectivity index (χ3v) is 8.66. The SMILES string of the molecule is C/C=C1/Nc2c(c3c4ccccc4n(-c4nc(-c5ccccc5)c5ccccc5n4)c3c3oc4ccccc4c23)N/C1=C/C. The zero-order valence-electron chi connectivity index (χ0n) is 24.2. The summed E-state index contributed by atoms with van der Waals surface area (Å²) < 4.78 is 8.95. The fourth-order valence-electron chi connectivity index (χ4n) is 6.72. The number of hydrogen-bond acceptors (Lipinski definition) is 5. The highest BCUT2D eigenvalue weighted by Gasteiger charge is 2.30. The molecule has 8 aromatic rings. The van der Waals surface area contributed by atoms with Crippen LogP contribution in [-0.2, 0) is 0 Å². The molecule has 0 fully saturated rings. The zero-order valence-corrected chi connectivity index (χ0v) is 24.2. The molecule has 1 aliphatic rings. The van der Waals surface area contributed by atoms with Crippen molar-refractivity contribution >= 4 is 66.0 Å². The number of nitrogens with zero attached hydrogens (tertiary/aromatic N) is 3. The summed E-state index contributed by atoms with van der Waals surface area (Å²) in [6.07, 6.45) is 4.20. The second kappa shape index (κ2) is 9.31. The van der Waals surface area contributed by atoms with E-state index in [2.05, 4.69) is 102 Å². The molecule has 0 aliphatic carbocycles. The van der Waals surface area contributed by atoms with Gasteiger partial charge in [0.05, 0.1) is 44.9 Å². The largest absolute Gasteiger partial charge is 0.454 e. The van der Waals surface area contributed by atoms with Crippen LogP contribution in [0.2, 0.25) is 0 Å². The van der Waals surface area contributed by atoms with Gasteiger partial charge in [-0.1, -0.05) is 97.1 Å². The summed E-state index contributed by atoms with van der Waals surface area (Å²) in [4.78, 5) is 10.5. The smallest absolute Gasteiger partial charge is 0.235 e. The van der Waals surface area contributed by atoms with Crippen molar-refractivity contribution in [1.82, 2.24) is 14.5 Å². The van der Waals surface area contributed by atoms with E-state index in [1.165, 1.54) is 0 Å². The summed E-state index contributed by atoms with van der Waals surface area (Å²) in [7, 11) is 0. The second-order valence-corrected chi connectivity index (χ2v) is 11.0. The fourth-order valence-corrected chi connectivity index (χ4v) is 6.72. The number of benzene rings is 5. The van der Waals surface area contributed by atoms with Gasteiger partial charge in [-0.2, -0.15) is 0 Å². The molecule has 0 atom stereocenters. The molecule has 0 radical (unpaired) electrons. The number of fused-ring (bicyclic) bond motifs is 11. The molecule has 3 aromatic heterocycles. The molecule has 0 unspecified atom stereocenters. The number of furan rings is 1. The molecule has 0 amide bonds. The van der Waals surface area contributed by atoms with Crippen molar-refractivity contribution in [1.29, 1.82) is 0 Å². The van der Waals surface area contributed by atoms with Crippen LogP contribution in [0.1, 0.15) is 13.8 Å². The maximum atomic E-state index is 6.77. The molecular formula is C38H27N5O.